The van der Waals surface area contributed by atoms with Gasteiger partial charge in [0.2, 0.25) is 5.91 Å². The summed E-state index contributed by atoms with van der Waals surface area (Å²) in [6, 6.07) is 15.6. The number of amides is 1. The molecule has 0 bridgehead atoms. The van der Waals surface area contributed by atoms with Crippen molar-refractivity contribution in [3.8, 4) is 11.5 Å². The summed E-state index contributed by atoms with van der Waals surface area (Å²) in [5.74, 6) is 0.996. The number of carbonyl (C=O) groups is 1. The SMILES string of the molecule is Cc1ccc(SCCCC(=O)Nc2nnc(-c3ccccc3Cl)o2)cc1. The molecule has 0 aliphatic rings. The maximum atomic E-state index is 12.0. The largest absolute Gasteiger partial charge is 0.403 e. The molecule has 134 valence electrons. The lowest BCUT2D eigenvalue weighted by atomic mass is 10.2. The number of anilines is 1. The van der Waals surface area contributed by atoms with Crippen LogP contribution < -0.4 is 5.32 Å². The number of nitrogens with one attached hydrogen (secondary N) is 1. The smallest absolute Gasteiger partial charge is 0.322 e. The van der Waals surface area contributed by atoms with Crippen molar-refractivity contribution in [1.82, 2.24) is 10.2 Å². The van der Waals surface area contributed by atoms with E-state index in [-0.39, 0.29) is 17.8 Å². The Kier molecular flexibility index (Phi) is 6.30. The monoisotopic (exact) mass is 387 g/mol. The van der Waals surface area contributed by atoms with Crippen molar-refractivity contribution in [2.45, 2.75) is 24.7 Å². The standard InChI is InChI=1S/C19H18ClN3O2S/c1-13-8-10-14(11-9-13)26-12-4-7-17(24)21-19-23-22-18(25-19)15-5-2-3-6-16(15)20/h2-3,5-6,8-11H,4,7,12H2,1H3,(H,21,23,24). The summed E-state index contributed by atoms with van der Waals surface area (Å²) in [6.45, 7) is 2.06. The summed E-state index contributed by atoms with van der Waals surface area (Å²) in [5.41, 5.74) is 1.88. The van der Waals surface area contributed by atoms with Gasteiger partial charge in [0.25, 0.3) is 5.89 Å². The molecule has 5 nitrogen and oxygen atoms in total. The van der Waals surface area contributed by atoms with Gasteiger partial charge in [-0.2, -0.15) is 0 Å². The normalized spacial score (nSPS) is 10.7. The number of hydrogen-bond acceptors (Lipinski definition) is 5. The highest BCUT2D eigenvalue weighted by Crippen LogP contribution is 2.27. The first kappa shape index (κ1) is 18.5. The lowest BCUT2D eigenvalue weighted by Gasteiger charge is -2.02. The summed E-state index contributed by atoms with van der Waals surface area (Å²) in [4.78, 5) is 13.2. The molecule has 3 aromatic rings. The molecule has 2 aromatic carbocycles. The highest BCUT2D eigenvalue weighted by atomic mass is 35.5. The molecule has 26 heavy (non-hydrogen) atoms. The van der Waals surface area contributed by atoms with Gasteiger partial charge in [0, 0.05) is 11.3 Å². The summed E-state index contributed by atoms with van der Waals surface area (Å²) >= 11 is 7.83. The third-order valence-electron chi connectivity index (χ3n) is 3.61. The highest BCUT2D eigenvalue weighted by molar-refractivity contribution is 7.99. The van der Waals surface area contributed by atoms with Crippen molar-refractivity contribution in [1.29, 1.82) is 0 Å². The van der Waals surface area contributed by atoms with E-state index in [1.807, 2.05) is 12.1 Å². The van der Waals surface area contributed by atoms with Crippen LogP contribution in [0.15, 0.2) is 57.8 Å². The number of rotatable bonds is 7. The summed E-state index contributed by atoms with van der Waals surface area (Å²) in [5, 5.41) is 10.9. The molecule has 1 N–H and O–H groups in total. The molecule has 0 aliphatic heterocycles. The van der Waals surface area contributed by atoms with Gasteiger partial charge in [0.1, 0.15) is 0 Å². The van der Waals surface area contributed by atoms with E-state index in [1.54, 1.807) is 23.9 Å². The number of nitrogens with zero attached hydrogens (tertiary/aromatic N) is 2. The lowest BCUT2D eigenvalue weighted by molar-refractivity contribution is -0.116. The topological polar surface area (TPSA) is 68.0 Å². The second-order valence-electron chi connectivity index (χ2n) is 5.71. The number of aryl methyl sites for hydroxylation is 1. The average Bonchev–Trinajstić information content (AvgIpc) is 3.09. The third-order valence-corrected chi connectivity index (χ3v) is 5.04. The Morgan fingerprint density at radius 1 is 1.15 bits per heavy atom. The van der Waals surface area contributed by atoms with Gasteiger partial charge in [0.15, 0.2) is 0 Å². The molecule has 7 heteroatoms. The van der Waals surface area contributed by atoms with Crippen molar-refractivity contribution in [3.05, 3.63) is 59.1 Å². The predicted molar refractivity (Wildman–Crippen MR) is 105 cm³/mol. The Morgan fingerprint density at radius 3 is 2.69 bits per heavy atom. The average molecular weight is 388 g/mol. The molecule has 0 saturated carbocycles. The van der Waals surface area contributed by atoms with Crippen LogP contribution in [-0.2, 0) is 4.79 Å². The van der Waals surface area contributed by atoms with Gasteiger partial charge in [-0.25, -0.2) is 0 Å². The van der Waals surface area contributed by atoms with Gasteiger partial charge in [-0.05, 0) is 43.4 Å². The highest BCUT2D eigenvalue weighted by Gasteiger charge is 2.13. The molecule has 0 fully saturated rings. The van der Waals surface area contributed by atoms with E-state index in [0.29, 0.717) is 17.0 Å². The maximum Gasteiger partial charge on any atom is 0.322 e. The van der Waals surface area contributed by atoms with Gasteiger partial charge in [-0.1, -0.05) is 46.5 Å². The number of hydrogen-bond donors (Lipinski definition) is 1. The summed E-state index contributed by atoms with van der Waals surface area (Å²) in [7, 11) is 0. The molecule has 0 radical (unpaired) electrons. The van der Waals surface area contributed by atoms with E-state index in [9.17, 15) is 4.79 Å². The molecule has 1 heterocycles. The van der Waals surface area contributed by atoms with Crippen LogP contribution in [0.3, 0.4) is 0 Å². The summed E-state index contributed by atoms with van der Waals surface area (Å²) < 4.78 is 5.46. The minimum Gasteiger partial charge on any atom is -0.403 e. The Hall–Kier alpha value is -2.31. The minimum absolute atomic E-state index is 0.0797. The number of aromatic nitrogens is 2. The molecule has 0 saturated heterocycles. The quantitative estimate of drug-likeness (QED) is 0.445. The van der Waals surface area contributed by atoms with E-state index >= 15 is 0 Å². The van der Waals surface area contributed by atoms with Crippen LogP contribution in [-0.4, -0.2) is 21.9 Å². The van der Waals surface area contributed by atoms with E-state index < -0.39 is 0 Å². The third kappa shape index (κ3) is 5.09. The molecular formula is C19H18ClN3O2S. The Balaban J connectivity index is 1.45. The van der Waals surface area contributed by atoms with Gasteiger partial charge >= 0.3 is 6.01 Å². The fourth-order valence-corrected chi connectivity index (χ4v) is 3.33. The molecule has 0 aliphatic carbocycles. The zero-order valence-corrected chi connectivity index (χ0v) is 15.8. The minimum atomic E-state index is -0.149. The van der Waals surface area contributed by atoms with E-state index in [2.05, 4.69) is 46.7 Å². The van der Waals surface area contributed by atoms with E-state index in [1.165, 1.54) is 10.5 Å². The van der Waals surface area contributed by atoms with Crippen LogP contribution in [0.4, 0.5) is 6.01 Å². The van der Waals surface area contributed by atoms with Crippen molar-refractivity contribution in [3.63, 3.8) is 0 Å². The first-order valence-corrected chi connectivity index (χ1v) is 9.56. The van der Waals surface area contributed by atoms with Crippen molar-refractivity contribution < 1.29 is 9.21 Å². The number of halogens is 1. The molecule has 1 aromatic heterocycles. The fraction of sp³-hybridized carbons (Fsp3) is 0.211. The summed E-state index contributed by atoms with van der Waals surface area (Å²) in [6.07, 6.45) is 1.15. The van der Waals surface area contributed by atoms with Crippen molar-refractivity contribution in [2.24, 2.45) is 0 Å². The van der Waals surface area contributed by atoms with Crippen LogP contribution in [0, 0.1) is 6.92 Å². The van der Waals surface area contributed by atoms with Gasteiger partial charge < -0.3 is 4.42 Å². The first-order valence-electron chi connectivity index (χ1n) is 8.19. The van der Waals surface area contributed by atoms with Crippen LogP contribution in [0.2, 0.25) is 5.02 Å². The lowest BCUT2D eigenvalue weighted by Crippen LogP contribution is -2.11. The van der Waals surface area contributed by atoms with Gasteiger partial charge in [-0.3, -0.25) is 10.1 Å². The van der Waals surface area contributed by atoms with E-state index in [4.69, 9.17) is 16.0 Å². The molecule has 1 amide bonds. The van der Waals surface area contributed by atoms with Crippen LogP contribution in [0.5, 0.6) is 0 Å². The maximum absolute atomic E-state index is 12.0. The Bertz CT molecular complexity index is 881. The number of thioether (sulfide) groups is 1. The van der Waals surface area contributed by atoms with E-state index in [0.717, 1.165) is 12.2 Å². The van der Waals surface area contributed by atoms with Gasteiger partial charge in [-0.15, -0.1) is 16.9 Å². The second-order valence-corrected chi connectivity index (χ2v) is 7.28. The van der Waals surface area contributed by atoms with Crippen molar-refractivity contribution in [2.75, 3.05) is 11.1 Å². The molecule has 0 spiro atoms. The van der Waals surface area contributed by atoms with Gasteiger partial charge in [0.05, 0.1) is 10.6 Å². The Morgan fingerprint density at radius 2 is 1.92 bits per heavy atom. The fourth-order valence-electron chi connectivity index (χ4n) is 2.26. The van der Waals surface area contributed by atoms with Crippen LogP contribution >= 0.6 is 23.4 Å². The molecule has 0 unspecified atom stereocenters. The Labute approximate surface area is 161 Å². The zero-order chi connectivity index (χ0) is 18.4. The number of benzene rings is 2. The van der Waals surface area contributed by atoms with Crippen LogP contribution in [0.25, 0.3) is 11.5 Å². The second kappa shape index (κ2) is 8.87. The number of carbonyl (C=O) groups excluding carboxylic acids is 1. The van der Waals surface area contributed by atoms with Crippen molar-refractivity contribution >= 4 is 35.3 Å². The zero-order valence-electron chi connectivity index (χ0n) is 14.2. The predicted octanol–water partition coefficient (Wildman–Crippen LogP) is 5.21. The molecular weight excluding hydrogens is 370 g/mol. The van der Waals surface area contributed by atoms with Crippen LogP contribution in [0.1, 0.15) is 18.4 Å². The molecule has 3 rings (SSSR count). The molecule has 0 atom stereocenters. The first-order chi connectivity index (χ1) is 12.6.